The summed E-state index contributed by atoms with van der Waals surface area (Å²) in [5.74, 6) is 0.942. The molecule has 0 radical (unpaired) electrons. The molecule has 3 aromatic rings. The lowest BCUT2D eigenvalue weighted by atomic mass is 10.0. The minimum absolute atomic E-state index is 0.144. The second kappa shape index (κ2) is 16.3. The molecule has 0 bridgehead atoms. The summed E-state index contributed by atoms with van der Waals surface area (Å²) >= 11 is 6.03. The number of likely N-dealkylation sites (tertiary alicyclic amines) is 1. The summed E-state index contributed by atoms with van der Waals surface area (Å²) in [7, 11) is 3.53. The average molecular weight is 594 g/mol. The number of pyridine rings is 1. The number of benzene rings is 2. The van der Waals surface area contributed by atoms with E-state index in [9.17, 15) is 9.59 Å². The van der Waals surface area contributed by atoms with Crippen LogP contribution in [0.2, 0.25) is 5.02 Å². The average Bonchev–Trinajstić information content (AvgIpc) is 3.01. The minimum Gasteiger partial charge on any atom is -0.469 e. The molecule has 2 heterocycles. The van der Waals surface area contributed by atoms with E-state index >= 15 is 0 Å². The first-order valence-corrected chi connectivity index (χ1v) is 15.5. The van der Waals surface area contributed by atoms with Crippen LogP contribution >= 0.6 is 11.6 Å². The number of nitrogens with zero attached hydrogens (tertiary/aromatic N) is 3. The zero-order chi connectivity index (χ0) is 29.7. The van der Waals surface area contributed by atoms with Crippen molar-refractivity contribution in [2.75, 3.05) is 51.0 Å². The maximum Gasteiger partial charge on any atom is 0.305 e. The molecule has 2 N–H and O–H groups in total. The number of amides is 1. The number of carbonyl (C=O) groups is 2. The summed E-state index contributed by atoms with van der Waals surface area (Å²) in [5, 5.41) is 9.04. The summed E-state index contributed by atoms with van der Waals surface area (Å²) in [5.41, 5.74) is 3.15. The van der Waals surface area contributed by atoms with Gasteiger partial charge in [-0.1, -0.05) is 41.9 Å². The molecule has 1 fully saturated rings. The molecule has 1 aliphatic rings. The highest BCUT2D eigenvalue weighted by molar-refractivity contribution is 6.30. The molecular formula is C33H44ClN5O3. The Morgan fingerprint density at radius 3 is 2.40 bits per heavy atom. The van der Waals surface area contributed by atoms with E-state index in [1.807, 2.05) is 47.4 Å². The van der Waals surface area contributed by atoms with Gasteiger partial charge in [0.1, 0.15) is 5.82 Å². The molecule has 4 rings (SSSR count). The van der Waals surface area contributed by atoms with Crippen LogP contribution in [0.4, 0.5) is 11.5 Å². The highest BCUT2D eigenvalue weighted by Crippen LogP contribution is 2.28. The highest BCUT2D eigenvalue weighted by atomic mass is 35.5. The van der Waals surface area contributed by atoms with Gasteiger partial charge in [0, 0.05) is 60.7 Å². The van der Waals surface area contributed by atoms with Gasteiger partial charge >= 0.3 is 5.97 Å². The Hall–Kier alpha value is -3.36. The number of fused-ring (bicyclic) bond motifs is 1. The van der Waals surface area contributed by atoms with Gasteiger partial charge in [-0.15, -0.1) is 0 Å². The predicted molar refractivity (Wildman–Crippen MR) is 171 cm³/mol. The maximum absolute atomic E-state index is 12.9. The van der Waals surface area contributed by atoms with Gasteiger partial charge in [-0.25, -0.2) is 4.98 Å². The van der Waals surface area contributed by atoms with Gasteiger partial charge < -0.3 is 25.2 Å². The number of hydrogen-bond acceptors (Lipinski definition) is 7. The Bertz CT molecular complexity index is 1290. The third kappa shape index (κ3) is 9.88. The molecular weight excluding hydrogens is 550 g/mol. The van der Waals surface area contributed by atoms with E-state index in [1.54, 1.807) is 0 Å². The van der Waals surface area contributed by atoms with Crippen molar-refractivity contribution in [3.05, 3.63) is 65.2 Å². The number of halogens is 1. The standard InChI is InChI=1S/C33H44ClN5O3/c1-38(20-8-6-12-33(41)42-2)19-7-5-11-32(40)39-21-17-27(18-22-39)36-30-23-31(37-29-10-4-3-9-28(29)30)35-24-25-13-15-26(34)16-14-25/h3-4,9-10,13-16,23,27H,5-8,11-12,17-22,24H2,1-2H3,(H2,35,36,37). The van der Waals surface area contributed by atoms with Crippen LogP contribution in [0, 0.1) is 0 Å². The van der Waals surface area contributed by atoms with Crippen molar-refractivity contribution in [3.8, 4) is 0 Å². The quantitative estimate of drug-likeness (QED) is 0.157. The molecule has 0 aliphatic carbocycles. The second-order valence-corrected chi connectivity index (χ2v) is 11.6. The smallest absolute Gasteiger partial charge is 0.305 e. The summed E-state index contributed by atoms with van der Waals surface area (Å²) in [6, 6.07) is 18.4. The summed E-state index contributed by atoms with van der Waals surface area (Å²) < 4.78 is 4.69. The number of ether oxygens (including phenoxy) is 1. The van der Waals surface area contributed by atoms with E-state index in [2.05, 4.69) is 39.5 Å². The zero-order valence-electron chi connectivity index (χ0n) is 24.9. The van der Waals surface area contributed by atoms with Crippen LogP contribution in [0.5, 0.6) is 0 Å². The normalized spacial score (nSPS) is 13.9. The molecule has 8 nitrogen and oxygen atoms in total. The van der Waals surface area contributed by atoms with Crippen molar-refractivity contribution < 1.29 is 14.3 Å². The molecule has 42 heavy (non-hydrogen) atoms. The Balaban J connectivity index is 1.20. The van der Waals surface area contributed by atoms with E-state index in [0.717, 1.165) is 97.7 Å². The molecule has 0 unspecified atom stereocenters. The van der Waals surface area contributed by atoms with Crippen molar-refractivity contribution >= 4 is 45.9 Å². The largest absolute Gasteiger partial charge is 0.469 e. The van der Waals surface area contributed by atoms with Gasteiger partial charge in [-0.2, -0.15) is 0 Å². The van der Waals surface area contributed by atoms with Crippen LogP contribution in [-0.4, -0.2) is 73.0 Å². The first-order chi connectivity index (χ1) is 20.4. The van der Waals surface area contributed by atoms with Crippen LogP contribution < -0.4 is 10.6 Å². The van der Waals surface area contributed by atoms with Crippen LogP contribution in [-0.2, 0) is 20.9 Å². The molecule has 1 aromatic heterocycles. The van der Waals surface area contributed by atoms with Gasteiger partial charge in [0.05, 0.1) is 12.6 Å². The van der Waals surface area contributed by atoms with Crippen LogP contribution in [0.3, 0.4) is 0 Å². The Labute approximate surface area is 254 Å². The number of rotatable bonds is 15. The topological polar surface area (TPSA) is 86.8 Å². The van der Waals surface area contributed by atoms with Gasteiger partial charge in [0.2, 0.25) is 5.91 Å². The summed E-state index contributed by atoms with van der Waals surface area (Å²) in [6.45, 7) is 4.14. The lowest BCUT2D eigenvalue weighted by molar-refractivity contribution is -0.140. The molecule has 1 aliphatic heterocycles. The fourth-order valence-corrected chi connectivity index (χ4v) is 5.48. The van der Waals surface area contributed by atoms with Crippen molar-refractivity contribution in [2.45, 2.75) is 64.0 Å². The Kier molecular flexibility index (Phi) is 12.3. The molecule has 2 aromatic carbocycles. The number of unbranched alkanes of at least 4 members (excludes halogenated alkanes) is 2. The third-order valence-electron chi connectivity index (χ3n) is 7.89. The number of aromatic nitrogens is 1. The Morgan fingerprint density at radius 1 is 1.00 bits per heavy atom. The minimum atomic E-state index is -0.144. The molecule has 1 amide bonds. The number of esters is 1. The number of nitrogens with one attached hydrogen (secondary N) is 2. The zero-order valence-corrected chi connectivity index (χ0v) is 25.7. The van der Waals surface area contributed by atoms with Crippen molar-refractivity contribution in [2.24, 2.45) is 0 Å². The number of carbonyl (C=O) groups excluding carboxylic acids is 2. The number of para-hydroxylation sites is 1. The number of anilines is 2. The number of piperidine rings is 1. The number of methoxy groups -OCH3 is 1. The van der Waals surface area contributed by atoms with E-state index in [1.165, 1.54) is 7.11 Å². The molecule has 0 spiro atoms. The van der Waals surface area contributed by atoms with Gasteiger partial charge in [-0.05, 0) is 82.4 Å². The molecule has 0 saturated carbocycles. The van der Waals surface area contributed by atoms with Gasteiger partial charge in [-0.3, -0.25) is 9.59 Å². The van der Waals surface area contributed by atoms with Crippen LogP contribution in [0.1, 0.15) is 56.9 Å². The fourth-order valence-electron chi connectivity index (χ4n) is 5.35. The van der Waals surface area contributed by atoms with Gasteiger partial charge in [0.15, 0.2) is 0 Å². The molecule has 1 saturated heterocycles. The van der Waals surface area contributed by atoms with Crippen molar-refractivity contribution in [3.63, 3.8) is 0 Å². The van der Waals surface area contributed by atoms with E-state index in [-0.39, 0.29) is 11.9 Å². The second-order valence-electron chi connectivity index (χ2n) is 11.1. The lowest BCUT2D eigenvalue weighted by Gasteiger charge is -2.33. The summed E-state index contributed by atoms with van der Waals surface area (Å²) in [4.78, 5) is 33.2. The molecule has 9 heteroatoms. The third-order valence-corrected chi connectivity index (χ3v) is 8.14. The van der Waals surface area contributed by atoms with Crippen molar-refractivity contribution in [1.82, 2.24) is 14.8 Å². The first-order valence-electron chi connectivity index (χ1n) is 15.1. The van der Waals surface area contributed by atoms with E-state index in [4.69, 9.17) is 16.6 Å². The molecule has 226 valence electrons. The molecule has 0 atom stereocenters. The van der Waals surface area contributed by atoms with Crippen molar-refractivity contribution in [1.29, 1.82) is 0 Å². The van der Waals surface area contributed by atoms with Gasteiger partial charge in [0.25, 0.3) is 0 Å². The van der Waals surface area contributed by atoms with Crippen LogP contribution in [0.25, 0.3) is 10.9 Å². The van der Waals surface area contributed by atoms with Crippen LogP contribution in [0.15, 0.2) is 54.6 Å². The highest BCUT2D eigenvalue weighted by Gasteiger charge is 2.23. The predicted octanol–water partition coefficient (Wildman–Crippen LogP) is 6.35. The lowest BCUT2D eigenvalue weighted by Crippen LogP contribution is -2.42. The number of hydrogen-bond donors (Lipinski definition) is 2. The van der Waals surface area contributed by atoms with E-state index < -0.39 is 0 Å². The monoisotopic (exact) mass is 593 g/mol. The fraction of sp³-hybridized carbons (Fsp3) is 0.485. The van der Waals surface area contributed by atoms with E-state index in [0.29, 0.717) is 25.4 Å². The summed E-state index contributed by atoms with van der Waals surface area (Å²) in [6.07, 6.45) is 6.65. The first kappa shape index (κ1) is 31.6. The SMILES string of the molecule is COC(=O)CCCCN(C)CCCCC(=O)N1CCC(Nc2cc(NCc3ccc(Cl)cc3)nc3ccccc23)CC1. The Morgan fingerprint density at radius 2 is 1.69 bits per heavy atom. The maximum atomic E-state index is 12.9.